The van der Waals surface area contributed by atoms with Gasteiger partial charge in [0.05, 0.1) is 28.2 Å². The van der Waals surface area contributed by atoms with Gasteiger partial charge in [-0.25, -0.2) is 4.98 Å². The minimum absolute atomic E-state index is 0.509. The summed E-state index contributed by atoms with van der Waals surface area (Å²) in [5.74, 6) is 0. The SMILES string of the molecule is COCc1cc(N)c2scc(C)c2n1. The molecule has 0 atom stereocenters. The van der Waals surface area contributed by atoms with Gasteiger partial charge in [-0.05, 0) is 23.9 Å². The number of aryl methyl sites for hydroxylation is 1. The molecule has 2 aromatic heterocycles. The van der Waals surface area contributed by atoms with Gasteiger partial charge in [0.2, 0.25) is 0 Å². The second-order valence-corrected chi connectivity index (χ2v) is 4.11. The summed E-state index contributed by atoms with van der Waals surface area (Å²) in [6.45, 7) is 2.55. The average Bonchev–Trinajstić information content (AvgIpc) is 2.49. The fourth-order valence-corrected chi connectivity index (χ4v) is 2.34. The molecular formula is C10H12N2OS. The van der Waals surface area contributed by atoms with E-state index in [9.17, 15) is 0 Å². The molecule has 2 aromatic rings. The molecule has 0 aliphatic rings. The molecule has 0 saturated carbocycles. The summed E-state index contributed by atoms with van der Waals surface area (Å²) >= 11 is 1.64. The van der Waals surface area contributed by atoms with E-state index in [-0.39, 0.29) is 0 Å². The molecule has 14 heavy (non-hydrogen) atoms. The van der Waals surface area contributed by atoms with Crippen molar-refractivity contribution in [3.63, 3.8) is 0 Å². The highest BCUT2D eigenvalue weighted by Gasteiger charge is 2.07. The fourth-order valence-electron chi connectivity index (χ4n) is 1.42. The molecule has 0 radical (unpaired) electrons. The van der Waals surface area contributed by atoms with Gasteiger partial charge < -0.3 is 10.5 Å². The van der Waals surface area contributed by atoms with Crippen LogP contribution >= 0.6 is 11.3 Å². The lowest BCUT2D eigenvalue weighted by molar-refractivity contribution is 0.182. The summed E-state index contributed by atoms with van der Waals surface area (Å²) in [6, 6.07) is 1.88. The van der Waals surface area contributed by atoms with E-state index in [2.05, 4.69) is 10.4 Å². The minimum Gasteiger partial charge on any atom is -0.397 e. The van der Waals surface area contributed by atoms with Gasteiger partial charge in [0.1, 0.15) is 0 Å². The summed E-state index contributed by atoms with van der Waals surface area (Å²) in [7, 11) is 1.66. The van der Waals surface area contributed by atoms with Crippen LogP contribution in [0.2, 0.25) is 0 Å². The molecule has 0 spiro atoms. The van der Waals surface area contributed by atoms with Crippen molar-refractivity contribution >= 4 is 27.2 Å². The zero-order valence-electron chi connectivity index (χ0n) is 8.20. The molecule has 0 amide bonds. The van der Waals surface area contributed by atoms with Crippen LogP contribution in [-0.4, -0.2) is 12.1 Å². The number of rotatable bonds is 2. The molecule has 4 heteroatoms. The van der Waals surface area contributed by atoms with E-state index in [4.69, 9.17) is 10.5 Å². The summed E-state index contributed by atoms with van der Waals surface area (Å²) in [5, 5.41) is 2.07. The zero-order chi connectivity index (χ0) is 10.1. The van der Waals surface area contributed by atoms with Gasteiger partial charge in [0.15, 0.2) is 0 Å². The van der Waals surface area contributed by atoms with Crippen molar-refractivity contribution in [3.8, 4) is 0 Å². The Morgan fingerprint density at radius 3 is 3.07 bits per heavy atom. The Morgan fingerprint density at radius 1 is 1.57 bits per heavy atom. The summed E-state index contributed by atoms with van der Waals surface area (Å²) in [6.07, 6.45) is 0. The molecule has 0 aromatic carbocycles. The van der Waals surface area contributed by atoms with Gasteiger partial charge in [0.25, 0.3) is 0 Å². The number of methoxy groups -OCH3 is 1. The monoisotopic (exact) mass is 208 g/mol. The first-order chi connectivity index (χ1) is 6.72. The molecule has 3 nitrogen and oxygen atoms in total. The molecule has 0 aliphatic heterocycles. The quantitative estimate of drug-likeness (QED) is 0.824. The third-order valence-corrected chi connectivity index (χ3v) is 3.21. The van der Waals surface area contributed by atoms with Crippen molar-refractivity contribution in [2.24, 2.45) is 0 Å². The fraction of sp³-hybridized carbons (Fsp3) is 0.300. The first-order valence-electron chi connectivity index (χ1n) is 4.34. The molecule has 0 aliphatic carbocycles. The number of ether oxygens (including phenoxy) is 1. The Balaban J connectivity index is 2.63. The lowest BCUT2D eigenvalue weighted by Gasteiger charge is -2.02. The number of nitrogen functional groups attached to an aromatic ring is 1. The Bertz CT molecular complexity index is 464. The number of thiophene rings is 1. The van der Waals surface area contributed by atoms with Crippen LogP contribution < -0.4 is 5.73 Å². The number of hydrogen-bond donors (Lipinski definition) is 1. The van der Waals surface area contributed by atoms with Gasteiger partial charge in [-0.1, -0.05) is 0 Å². The molecule has 2 N–H and O–H groups in total. The van der Waals surface area contributed by atoms with Crippen LogP contribution in [0.4, 0.5) is 5.69 Å². The summed E-state index contributed by atoms with van der Waals surface area (Å²) in [5.41, 5.74) is 9.77. The van der Waals surface area contributed by atoms with Gasteiger partial charge >= 0.3 is 0 Å². The molecule has 74 valence electrons. The number of anilines is 1. The highest BCUT2D eigenvalue weighted by atomic mass is 32.1. The smallest absolute Gasteiger partial charge is 0.0885 e. The number of nitrogens with two attached hydrogens (primary N) is 1. The second kappa shape index (κ2) is 3.55. The van der Waals surface area contributed by atoms with E-state index in [0.717, 1.165) is 21.6 Å². The van der Waals surface area contributed by atoms with Crippen LogP contribution in [-0.2, 0) is 11.3 Å². The van der Waals surface area contributed by atoms with E-state index >= 15 is 0 Å². The van der Waals surface area contributed by atoms with Crippen LogP contribution in [0.1, 0.15) is 11.3 Å². The van der Waals surface area contributed by atoms with Crippen LogP contribution in [0, 0.1) is 6.92 Å². The first-order valence-corrected chi connectivity index (χ1v) is 5.22. The molecule has 0 fully saturated rings. The van der Waals surface area contributed by atoms with Crippen molar-refractivity contribution in [2.45, 2.75) is 13.5 Å². The normalized spacial score (nSPS) is 11.0. The predicted octanol–water partition coefficient (Wildman–Crippen LogP) is 2.33. The number of nitrogens with zero attached hydrogens (tertiary/aromatic N) is 1. The Morgan fingerprint density at radius 2 is 2.36 bits per heavy atom. The van der Waals surface area contributed by atoms with Gasteiger partial charge in [-0.15, -0.1) is 11.3 Å². The average molecular weight is 208 g/mol. The maximum absolute atomic E-state index is 5.92. The Kier molecular flexibility index (Phi) is 2.39. The van der Waals surface area contributed by atoms with E-state index in [1.165, 1.54) is 5.56 Å². The number of pyridine rings is 1. The van der Waals surface area contributed by atoms with Gasteiger partial charge in [0, 0.05) is 7.11 Å². The largest absolute Gasteiger partial charge is 0.397 e. The third-order valence-electron chi connectivity index (χ3n) is 2.07. The topological polar surface area (TPSA) is 48.1 Å². The molecule has 0 unspecified atom stereocenters. The molecule has 2 heterocycles. The maximum atomic E-state index is 5.92. The Labute approximate surface area is 86.5 Å². The van der Waals surface area contributed by atoms with Crippen LogP contribution in [0.3, 0.4) is 0 Å². The van der Waals surface area contributed by atoms with Gasteiger partial charge in [-0.3, -0.25) is 0 Å². The Hall–Kier alpha value is -1.13. The van der Waals surface area contributed by atoms with Crippen molar-refractivity contribution in [1.82, 2.24) is 4.98 Å². The van der Waals surface area contributed by atoms with E-state index in [1.807, 2.05) is 13.0 Å². The third kappa shape index (κ3) is 1.47. The second-order valence-electron chi connectivity index (χ2n) is 3.23. The lowest BCUT2D eigenvalue weighted by Crippen LogP contribution is -1.95. The van der Waals surface area contributed by atoms with Crippen molar-refractivity contribution < 1.29 is 4.74 Å². The van der Waals surface area contributed by atoms with Crippen LogP contribution in [0.25, 0.3) is 10.2 Å². The minimum atomic E-state index is 0.509. The summed E-state index contributed by atoms with van der Waals surface area (Å²) < 4.78 is 6.11. The van der Waals surface area contributed by atoms with E-state index < -0.39 is 0 Å². The van der Waals surface area contributed by atoms with Crippen LogP contribution in [0.15, 0.2) is 11.4 Å². The maximum Gasteiger partial charge on any atom is 0.0885 e. The first kappa shape index (κ1) is 9.43. The van der Waals surface area contributed by atoms with Crippen LogP contribution in [0.5, 0.6) is 0 Å². The van der Waals surface area contributed by atoms with Gasteiger partial charge in [-0.2, -0.15) is 0 Å². The highest BCUT2D eigenvalue weighted by Crippen LogP contribution is 2.29. The van der Waals surface area contributed by atoms with Crippen molar-refractivity contribution in [3.05, 3.63) is 22.7 Å². The van der Waals surface area contributed by atoms with E-state index in [1.54, 1.807) is 18.4 Å². The lowest BCUT2D eigenvalue weighted by atomic mass is 10.2. The molecule has 0 saturated heterocycles. The zero-order valence-corrected chi connectivity index (χ0v) is 9.02. The van der Waals surface area contributed by atoms with Crippen molar-refractivity contribution in [2.75, 3.05) is 12.8 Å². The van der Waals surface area contributed by atoms with Crippen molar-refractivity contribution in [1.29, 1.82) is 0 Å². The molecular weight excluding hydrogens is 196 g/mol. The predicted molar refractivity (Wildman–Crippen MR) is 59.5 cm³/mol. The highest BCUT2D eigenvalue weighted by molar-refractivity contribution is 7.18. The molecule has 0 bridgehead atoms. The number of hydrogen-bond acceptors (Lipinski definition) is 4. The number of fused-ring (bicyclic) bond motifs is 1. The number of aromatic nitrogens is 1. The summed E-state index contributed by atoms with van der Waals surface area (Å²) in [4.78, 5) is 4.49. The standard InChI is InChI=1S/C10H12N2OS/c1-6-5-14-10-8(11)3-7(4-13-2)12-9(6)10/h3,5H,4H2,1-2H3,(H2,11,12). The van der Waals surface area contributed by atoms with E-state index in [0.29, 0.717) is 6.61 Å². The molecule has 2 rings (SSSR count).